The van der Waals surface area contributed by atoms with Crippen LogP contribution in [0.5, 0.6) is 0 Å². The van der Waals surface area contributed by atoms with Crippen LogP contribution in [0.4, 0.5) is 4.79 Å². The number of hydrogen-bond acceptors (Lipinski definition) is 7. The van der Waals surface area contributed by atoms with Gasteiger partial charge in [-0.1, -0.05) is 42.1 Å². The lowest BCUT2D eigenvalue weighted by atomic mass is 10.2. The molecule has 4 amide bonds. The number of nitrogens with one attached hydrogen (secondary N) is 2. The number of primary amides is 1. The van der Waals surface area contributed by atoms with E-state index in [0.29, 0.717) is 37.1 Å². The second kappa shape index (κ2) is 11.6. The molecule has 32 heavy (non-hydrogen) atoms. The molecule has 1 aromatic heterocycles. The van der Waals surface area contributed by atoms with Crippen LogP contribution in [0.2, 0.25) is 0 Å². The van der Waals surface area contributed by atoms with Gasteiger partial charge in [-0.15, -0.1) is 10.2 Å². The lowest BCUT2D eigenvalue weighted by Gasteiger charge is -2.16. The molecule has 172 valence electrons. The van der Waals surface area contributed by atoms with Crippen molar-refractivity contribution in [3.8, 4) is 0 Å². The summed E-state index contributed by atoms with van der Waals surface area (Å²) in [4.78, 5) is 35.8. The van der Waals surface area contributed by atoms with Gasteiger partial charge in [-0.3, -0.25) is 14.9 Å². The van der Waals surface area contributed by atoms with Crippen LogP contribution in [0.1, 0.15) is 37.6 Å². The third-order valence-corrected chi connectivity index (χ3v) is 6.06. The molecule has 0 aliphatic carbocycles. The number of urea groups is 1. The lowest BCUT2D eigenvalue weighted by molar-refractivity contribution is -0.119. The van der Waals surface area contributed by atoms with E-state index in [4.69, 9.17) is 10.5 Å². The largest absolute Gasteiger partial charge is 0.376 e. The molecule has 1 fully saturated rings. The third-order valence-electron chi connectivity index (χ3n) is 4.98. The Morgan fingerprint density at radius 1 is 1.28 bits per heavy atom. The number of imide groups is 1. The van der Waals surface area contributed by atoms with E-state index in [1.54, 1.807) is 6.92 Å². The van der Waals surface area contributed by atoms with Gasteiger partial charge in [0.2, 0.25) is 11.8 Å². The quantitative estimate of drug-likeness (QED) is 0.455. The molecule has 10 nitrogen and oxygen atoms in total. The first kappa shape index (κ1) is 23.7. The predicted molar refractivity (Wildman–Crippen MR) is 119 cm³/mol. The van der Waals surface area contributed by atoms with Crippen molar-refractivity contribution in [3.05, 3.63) is 41.7 Å². The molecule has 2 atom stereocenters. The van der Waals surface area contributed by atoms with Crippen LogP contribution >= 0.6 is 11.8 Å². The van der Waals surface area contributed by atoms with E-state index in [9.17, 15) is 14.4 Å². The summed E-state index contributed by atoms with van der Waals surface area (Å²) < 4.78 is 7.60. The van der Waals surface area contributed by atoms with Gasteiger partial charge in [0.1, 0.15) is 5.82 Å². The number of nitrogens with zero attached hydrogens (tertiary/aromatic N) is 3. The molecule has 0 bridgehead atoms. The highest BCUT2D eigenvalue weighted by atomic mass is 32.2. The zero-order chi connectivity index (χ0) is 22.9. The molecule has 2 heterocycles. The highest BCUT2D eigenvalue weighted by molar-refractivity contribution is 8.00. The number of carbonyl (C=O) groups excluding carboxylic acids is 3. The molecule has 0 saturated carbocycles. The number of thioether (sulfide) groups is 1. The smallest absolute Gasteiger partial charge is 0.321 e. The van der Waals surface area contributed by atoms with Crippen LogP contribution in [0.3, 0.4) is 0 Å². The Bertz CT molecular complexity index is 930. The van der Waals surface area contributed by atoms with Crippen molar-refractivity contribution in [1.29, 1.82) is 0 Å². The number of ether oxygens (including phenoxy) is 1. The molecule has 11 heteroatoms. The Balaban J connectivity index is 1.58. The number of aryl methyl sites for hydroxylation is 1. The molecule has 1 aliphatic rings. The first-order valence-corrected chi connectivity index (χ1v) is 11.4. The van der Waals surface area contributed by atoms with Crippen molar-refractivity contribution in [1.82, 2.24) is 25.4 Å². The summed E-state index contributed by atoms with van der Waals surface area (Å²) in [6.45, 7) is 3.26. The molecule has 2 aromatic rings. The van der Waals surface area contributed by atoms with Gasteiger partial charge < -0.3 is 20.4 Å². The van der Waals surface area contributed by atoms with Crippen LogP contribution in [-0.2, 0) is 33.8 Å². The molecule has 1 saturated heterocycles. The van der Waals surface area contributed by atoms with Gasteiger partial charge >= 0.3 is 6.03 Å². The molecule has 1 aromatic carbocycles. The van der Waals surface area contributed by atoms with Crippen LogP contribution in [0, 0.1) is 0 Å². The number of amides is 4. The first-order valence-electron chi connectivity index (χ1n) is 10.5. The summed E-state index contributed by atoms with van der Waals surface area (Å²) in [5, 5.41) is 13.4. The van der Waals surface area contributed by atoms with E-state index in [1.807, 2.05) is 34.9 Å². The monoisotopic (exact) mass is 460 g/mol. The third kappa shape index (κ3) is 7.06. The maximum atomic E-state index is 12.5. The number of benzene rings is 1. The normalized spacial score (nSPS) is 16.5. The second-order valence-corrected chi connectivity index (χ2v) is 8.84. The van der Waals surface area contributed by atoms with Gasteiger partial charge in [-0.2, -0.15) is 0 Å². The van der Waals surface area contributed by atoms with Gasteiger partial charge in [0.05, 0.1) is 17.9 Å². The number of hydrogen-bond donors (Lipinski definition) is 3. The molecule has 0 spiro atoms. The molecule has 2 unspecified atom stereocenters. The number of nitrogens with two attached hydrogens (primary N) is 1. The number of aromatic nitrogens is 3. The number of carbonyl (C=O) groups is 3. The summed E-state index contributed by atoms with van der Waals surface area (Å²) in [5.41, 5.74) is 6.21. The maximum absolute atomic E-state index is 12.5. The fraction of sp³-hybridized carbons (Fsp3) is 0.476. The van der Waals surface area contributed by atoms with E-state index in [0.717, 1.165) is 18.4 Å². The minimum Gasteiger partial charge on any atom is -0.376 e. The highest BCUT2D eigenvalue weighted by Crippen LogP contribution is 2.25. The second-order valence-electron chi connectivity index (χ2n) is 7.53. The van der Waals surface area contributed by atoms with E-state index in [2.05, 4.69) is 20.8 Å². The summed E-state index contributed by atoms with van der Waals surface area (Å²) in [6.07, 6.45) is 2.47. The minimum atomic E-state index is -0.589. The molecular weight excluding hydrogens is 432 g/mol. The van der Waals surface area contributed by atoms with Gasteiger partial charge in [-0.05, 0) is 25.3 Å². The van der Waals surface area contributed by atoms with E-state index >= 15 is 0 Å². The molecular formula is C21H28N6O4S. The van der Waals surface area contributed by atoms with Crippen LogP contribution in [0.25, 0.3) is 0 Å². The van der Waals surface area contributed by atoms with Gasteiger partial charge in [-0.25, -0.2) is 4.79 Å². The Labute approximate surface area is 190 Å². The Morgan fingerprint density at radius 3 is 2.75 bits per heavy atom. The standard InChI is InChI=1S/C21H28N6O4S/c1-14(19(29)24-20(30)23-12-15-6-3-2-4-7-15)32-21-26-25-18(10-9-17(22)28)27(21)13-16-8-5-11-31-16/h2-4,6-7,14,16H,5,8-13H2,1H3,(H2,22,28)(H2,23,24,29,30). The van der Waals surface area contributed by atoms with Crippen LogP contribution in [0.15, 0.2) is 35.5 Å². The molecule has 4 N–H and O–H groups in total. The van der Waals surface area contributed by atoms with Crippen LogP contribution in [-0.4, -0.2) is 50.6 Å². The summed E-state index contributed by atoms with van der Waals surface area (Å²) in [5.74, 6) is -0.235. The van der Waals surface area contributed by atoms with Crippen molar-refractivity contribution >= 4 is 29.6 Å². The van der Waals surface area contributed by atoms with Gasteiger partial charge in [0, 0.05) is 26.0 Å². The molecule has 1 aliphatic heterocycles. The van der Waals surface area contributed by atoms with E-state index in [1.165, 1.54) is 11.8 Å². The first-order chi connectivity index (χ1) is 15.4. The summed E-state index contributed by atoms with van der Waals surface area (Å²) in [6, 6.07) is 8.86. The Kier molecular flexibility index (Phi) is 8.63. The molecule has 0 radical (unpaired) electrons. The van der Waals surface area contributed by atoms with Crippen molar-refractivity contribution < 1.29 is 19.1 Å². The average Bonchev–Trinajstić information content (AvgIpc) is 3.42. The highest BCUT2D eigenvalue weighted by Gasteiger charge is 2.24. The predicted octanol–water partition coefficient (Wildman–Crippen LogP) is 1.38. The molecule has 3 rings (SSSR count). The van der Waals surface area contributed by atoms with E-state index < -0.39 is 23.1 Å². The zero-order valence-electron chi connectivity index (χ0n) is 18.0. The fourth-order valence-corrected chi connectivity index (χ4v) is 4.13. The van der Waals surface area contributed by atoms with Crippen molar-refractivity contribution in [3.63, 3.8) is 0 Å². The minimum absolute atomic E-state index is 0.0329. The van der Waals surface area contributed by atoms with Gasteiger partial charge in [0.15, 0.2) is 5.16 Å². The lowest BCUT2D eigenvalue weighted by Crippen LogP contribution is -2.42. The van der Waals surface area contributed by atoms with Crippen molar-refractivity contribution in [2.24, 2.45) is 5.73 Å². The average molecular weight is 461 g/mol. The number of rotatable bonds is 10. The zero-order valence-corrected chi connectivity index (χ0v) is 18.8. The summed E-state index contributed by atoms with van der Waals surface area (Å²) in [7, 11) is 0. The summed E-state index contributed by atoms with van der Waals surface area (Å²) >= 11 is 1.20. The SMILES string of the molecule is CC(Sc1nnc(CCC(N)=O)n1CC1CCCO1)C(=O)NC(=O)NCc1ccccc1. The van der Waals surface area contributed by atoms with Crippen molar-refractivity contribution in [2.45, 2.75) is 62.2 Å². The van der Waals surface area contributed by atoms with E-state index in [-0.39, 0.29) is 12.5 Å². The van der Waals surface area contributed by atoms with Crippen LogP contribution < -0.4 is 16.4 Å². The van der Waals surface area contributed by atoms with Crippen molar-refractivity contribution in [2.75, 3.05) is 6.61 Å². The maximum Gasteiger partial charge on any atom is 0.321 e. The van der Waals surface area contributed by atoms with Gasteiger partial charge in [0.25, 0.3) is 0 Å². The Morgan fingerprint density at radius 2 is 2.06 bits per heavy atom. The Hall–Kier alpha value is -2.92. The topological polar surface area (TPSA) is 141 Å². The fourth-order valence-electron chi connectivity index (χ4n) is 3.25.